The van der Waals surface area contributed by atoms with E-state index in [1.807, 2.05) is 69.3 Å². The van der Waals surface area contributed by atoms with Crippen LogP contribution in [0.3, 0.4) is 0 Å². The molecule has 0 fully saturated rings. The van der Waals surface area contributed by atoms with Crippen molar-refractivity contribution in [1.29, 1.82) is 0 Å². The summed E-state index contributed by atoms with van der Waals surface area (Å²) >= 11 is 5.36. The molecule has 0 unspecified atom stereocenters. The van der Waals surface area contributed by atoms with Gasteiger partial charge in [-0.3, -0.25) is 10.1 Å². The fraction of sp³-hybridized carbons (Fsp3) is 0.138. The molecule has 0 aliphatic carbocycles. The molecule has 36 heavy (non-hydrogen) atoms. The molecule has 2 N–H and O–H groups in total. The van der Waals surface area contributed by atoms with Crippen LogP contribution in [0.5, 0.6) is 0 Å². The van der Waals surface area contributed by atoms with Crippen LogP contribution in [0.1, 0.15) is 32.8 Å². The first-order chi connectivity index (χ1) is 17.3. The highest BCUT2D eigenvalue weighted by molar-refractivity contribution is 7.80. The van der Waals surface area contributed by atoms with Gasteiger partial charge in [-0.15, -0.1) is 0 Å². The first-order valence-electron chi connectivity index (χ1n) is 11.5. The maximum absolute atomic E-state index is 12.7. The summed E-state index contributed by atoms with van der Waals surface area (Å²) in [5.74, 6) is 0.896. The van der Waals surface area contributed by atoms with Crippen molar-refractivity contribution < 1.29 is 13.6 Å². The first kappa shape index (κ1) is 23.5. The molecule has 0 spiro atoms. The topological polar surface area (TPSA) is 80.3 Å². The highest BCUT2D eigenvalue weighted by Crippen LogP contribution is 2.29. The van der Waals surface area contributed by atoms with Crippen LogP contribution in [0.2, 0.25) is 0 Å². The van der Waals surface area contributed by atoms with Gasteiger partial charge in [0, 0.05) is 16.8 Å². The summed E-state index contributed by atoms with van der Waals surface area (Å²) in [6, 6.07) is 21.0. The number of benzene rings is 3. The molecule has 2 aromatic heterocycles. The number of rotatable bonds is 4. The second kappa shape index (κ2) is 9.43. The highest BCUT2D eigenvalue weighted by Gasteiger charge is 2.15. The van der Waals surface area contributed by atoms with E-state index in [4.69, 9.17) is 21.1 Å². The molecule has 180 valence electrons. The van der Waals surface area contributed by atoms with E-state index in [0.29, 0.717) is 17.3 Å². The molecule has 0 aliphatic rings. The van der Waals surface area contributed by atoms with E-state index in [-0.39, 0.29) is 10.9 Å². The number of oxazole rings is 1. The number of furan rings is 1. The average Bonchev–Trinajstić information content (AvgIpc) is 3.49. The van der Waals surface area contributed by atoms with Crippen molar-refractivity contribution in [3.8, 4) is 22.8 Å². The Kier molecular flexibility index (Phi) is 6.16. The van der Waals surface area contributed by atoms with Gasteiger partial charge in [0.15, 0.2) is 16.5 Å². The van der Waals surface area contributed by atoms with Gasteiger partial charge < -0.3 is 14.2 Å². The molecule has 0 radical (unpaired) electrons. The summed E-state index contributed by atoms with van der Waals surface area (Å²) in [7, 11) is 0. The van der Waals surface area contributed by atoms with Crippen molar-refractivity contribution in [3.05, 3.63) is 94.7 Å². The van der Waals surface area contributed by atoms with Gasteiger partial charge in [0.2, 0.25) is 5.89 Å². The van der Waals surface area contributed by atoms with Gasteiger partial charge in [-0.2, -0.15) is 0 Å². The second-order valence-corrected chi connectivity index (χ2v) is 9.31. The van der Waals surface area contributed by atoms with Gasteiger partial charge in [-0.05, 0) is 105 Å². The molecular weight excluding hydrogens is 470 g/mol. The lowest BCUT2D eigenvalue weighted by Crippen LogP contribution is -2.33. The summed E-state index contributed by atoms with van der Waals surface area (Å²) in [6.07, 6.45) is 0. The van der Waals surface area contributed by atoms with E-state index in [0.717, 1.165) is 38.9 Å². The van der Waals surface area contributed by atoms with Gasteiger partial charge in [0.25, 0.3) is 5.91 Å². The van der Waals surface area contributed by atoms with E-state index < -0.39 is 5.91 Å². The predicted molar refractivity (Wildman–Crippen MR) is 146 cm³/mol. The number of nitrogens with zero attached hydrogens (tertiary/aromatic N) is 1. The Morgan fingerprint density at radius 2 is 1.67 bits per heavy atom. The van der Waals surface area contributed by atoms with Gasteiger partial charge in [0.1, 0.15) is 11.3 Å². The summed E-state index contributed by atoms with van der Waals surface area (Å²) in [5.41, 5.74) is 8.54. The zero-order valence-corrected chi connectivity index (χ0v) is 21.2. The van der Waals surface area contributed by atoms with Gasteiger partial charge in [-0.1, -0.05) is 24.3 Å². The maximum Gasteiger partial charge on any atom is 0.293 e. The van der Waals surface area contributed by atoms with E-state index in [9.17, 15) is 4.79 Å². The molecule has 6 nitrogen and oxygen atoms in total. The molecule has 0 saturated carbocycles. The molecule has 0 saturated heterocycles. The Bertz CT molecular complexity index is 1630. The number of amides is 1. The molecule has 0 aliphatic heterocycles. The Balaban J connectivity index is 1.28. The standard InChI is InChI=1S/C29H25N3O3S/c1-16-12-19(4)26-23(13-16)31-28(35-26)21-6-5-7-22(15-21)30-29(36)32-27(33)25-11-10-24(34-25)20-9-8-17(2)18(3)14-20/h5-15H,1-4H3,(H2,30,32,33,36). The Morgan fingerprint density at radius 3 is 2.47 bits per heavy atom. The summed E-state index contributed by atoms with van der Waals surface area (Å²) in [5, 5.41) is 5.88. The third-order valence-electron chi connectivity index (χ3n) is 6.04. The molecule has 2 heterocycles. The number of hydrogen-bond donors (Lipinski definition) is 2. The second-order valence-electron chi connectivity index (χ2n) is 8.90. The van der Waals surface area contributed by atoms with Gasteiger partial charge in [0.05, 0.1) is 0 Å². The predicted octanol–water partition coefficient (Wildman–Crippen LogP) is 7.12. The largest absolute Gasteiger partial charge is 0.451 e. The number of nitrogens with one attached hydrogen (secondary N) is 2. The van der Waals surface area contributed by atoms with Gasteiger partial charge >= 0.3 is 0 Å². The maximum atomic E-state index is 12.7. The minimum Gasteiger partial charge on any atom is -0.451 e. The zero-order chi connectivity index (χ0) is 25.4. The average molecular weight is 496 g/mol. The molecular formula is C29H25N3O3S. The lowest BCUT2D eigenvalue weighted by atomic mass is 10.1. The molecule has 1 amide bonds. The summed E-state index contributed by atoms with van der Waals surface area (Å²) < 4.78 is 11.8. The van der Waals surface area contributed by atoms with Crippen molar-refractivity contribution in [2.24, 2.45) is 0 Å². The smallest absolute Gasteiger partial charge is 0.293 e. The van der Waals surface area contributed by atoms with Crippen LogP contribution in [0.15, 0.2) is 75.6 Å². The number of fused-ring (bicyclic) bond motifs is 1. The van der Waals surface area contributed by atoms with Crippen LogP contribution < -0.4 is 10.6 Å². The van der Waals surface area contributed by atoms with Gasteiger partial charge in [-0.25, -0.2) is 4.98 Å². The fourth-order valence-electron chi connectivity index (χ4n) is 4.07. The molecule has 3 aromatic carbocycles. The van der Waals surface area contributed by atoms with Crippen LogP contribution in [0.25, 0.3) is 33.9 Å². The number of aromatic nitrogens is 1. The van der Waals surface area contributed by atoms with E-state index in [2.05, 4.69) is 28.6 Å². The minimum atomic E-state index is -0.427. The summed E-state index contributed by atoms with van der Waals surface area (Å²) in [4.78, 5) is 17.3. The lowest BCUT2D eigenvalue weighted by molar-refractivity contribution is 0.0951. The van der Waals surface area contributed by atoms with E-state index >= 15 is 0 Å². The monoisotopic (exact) mass is 495 g/mol. The SMILES string of the molecule is Cc1cc(C)c2oc(-c3cccc(NC(=S)NC(=O)c4ccc(-c5ccc(C)c(C)c5)o4)c3)nc2c1. The third-order valence-corrected chi connectivity index (χ3v) is 6.24. The lowest BCUT2D eigenvalue weighted by Gasteiger charge is -2.09. The van der Waals surface area contributed by atoms with E-state index in [1.54, 1.807) is 12.1 Å². The molecule has 0 bridgehead atoms. The van der Waals surface area contributed by atoms with Crippen molar-refractivity contribution >= 4 is 40.0 Å². The van der Waals surface area contributed by atoms with Crippen LogP contribution in [-0.4, -0.2) is 16.0 Å². The number of carbonyl (C=O) groups is 1. The van der Waals surface area contributed by atoms with Crippen LogP contribution in [0.4, 0.5) is 5.69 Å². The zero-order valence-electron chi connectivity index (χ0n) is 20.4. The summed E-state index contributed by atoms with van der Waals surface area (Å²) in [6.45, 7) is 8.14. The molecule has 5 aromatic rings. The number of anilines is 1. The third kappa shape index (κ3) is 4.78. The first-order valence-corrected chi connectivity index (χ1v) is 12.0. The Hall–Kier alpha value is -4.23. The highest BCUT2D eigenvalue weighted by atomic mass is 32.1. The van der Waals surface area contributed by atoms with Crippen molar-refractivity contribution in [2.45, 2.75) is 27.7 Å². The van der Waals surface area contributed by atoms with Crippen molar-refractivity contribution in [1.82, 2.24) is 10.3 Å². The number of carbonyl (C=O) groups excluding carboxylic acids is 1. The number of thiocarbonyl (C=S) groups is 1. The molecule has 5 rings (SSSR count). The number of hydrogen-bond acceptors (Lipinski definition) is 5. The Morgan fingerprint density at radius 1 is 0.833 bits per heavy atom. The number of aryl methyl sites for hydroxylation is 4. The van der Waals surface area contributed by atoms with Crippen molar-refractivity contribution in [2.75, 3.05) is 5.32 Å². The molecule has 0 atom stereocenters. The minimum absolute atomic E-state index is 0.158. The quantitative estimate of drug-likeness (QED) is 0.259. The Labute approximate surface area is 214 Å². The van der Waals surface area contributed by atoms with Crippen molar-refractivity contribution in [3.63, 3.8) is 0 Å². The fourth-order valence-corrected chi connectivity index (χ4v) is 4.28. The van der Waals surface area contributed by atoms with Crippen LogP contribution in [-0.2, 0) is 0 Å². The van der Waals surface area contributed by atoms with Crippen LogP contribution >= 0.6 is 12.2 Å². The van der Waals surface area contributed by atoms with Crippen LogP contribution in [0, 0.1) is 27.7 Å². The normalized spacial score (nSPS) is 11.0. The van der Waals surface area contributed by atoms with E-state index in [1.165, 1.54) is 5.56 Å². The molecule has 7 heteroatoms.